The molecule has 0 radical (unpaired) electrons. The van der Waals surface area contributed by atoms with E-state index in [0.717, 1.165) is 25.3 Å². The van der Waals surface area contributed by atoms with E-state index in [4.69, 9.17) is 5.73 Å². The van der Waals surface area contributed by atoms with Crippen molar-refractivity contribution < 1.29 is 4.79 Å². The molecule has 3 heteroatoms. The second kappa shape index (κ2) is 7.13. The minimum atomic E-state index is 0.303. The molecule has 0 spiro atoms. The molecular formula is C15H30N2O. The highest BCUT2D eigenvalue weighted by atomic mass is 16.2. The largest absolute Gasteiger partial charge is 0.343 e. The maximum atomic E-state index is 12.1. The molecule has 0 saturated heterocycles. The summed E-state index contributed by atoms with van der Waals surface area (Å²) >= 11 is 0. The lowest BCUT2D eigenvalue weighted by Gasteiger charge is -2.26. The zero-order chi connectivity index (χ0) is 13.7. The van der Waals surface area contributed by atoms with Crippen molar-refractivity contribution in [2.24, 2.45) is 23.5 Å². The third-order valence-electron chi connectivity index (χ3n) is 4.52. The molecule has 106 valence electrons. The van der Waals surface area contributed by atoms with Gasteiger partial charge < -0.3 is 10.6 Å². The van der Waals surface area contributed by atoms with Crippen molar-refractivity contribution in [1.82, 2.24) is 4.90 Å². The van der Waals surface area contributed by atoms with Crippen LogP contribution in [0.25, 0.3) is 0 Å². The maximum absolute atomic E-state index is 12.1. The second-order valence-electron chi connectivity index (χ2n) is 6.20. The van der Waals surface area contributed by atoms with Gasteiger partial charge in [-0.05, 0) is 56.9 Å². The highest BCUT2D eigenvalue weighted by molar-refractivity contribution is 5.76. The van der Waals surface area contributed by atoms with Crippen LogP contribution in [0.4, 0.5) is 0 Å². The fraction of sp³-hybridized carbons (Fsp3) is 0.933. The summed E-state index contributed by atoms with van der Waals surface area (Å²) in [5.74, 6) is 2.26. The number of hydrogen-bond acceptors (Lipinski definition) is 2. The Morgan fingerprint density at radius 3 is 2.33 bits per heavy atom. The quantitative estimate of drug-likeness (QED) is 0.724. The summed E-state index contributed by atoms with van der Waals surface area (Å²) < 4.78 is 0. The second-order valence-corrected chi connectivity index (χ2v) is 6.20. The van der Waals surface area contributed by atoms with E-state index in [1.807, 2.05) is 11.9 Å². The minimum absolute atomic E-state index is 0.303. The molecular weight excluding hydrogens is 224 g/mol. The first-order chi connectivity index (χ1) is 8.47. The Kier molecular flexibility index (Phi) is 6.13. The molecule has 1 amide bonds. The van der Waals surface area contributed by atoms with Crippen molar-refractivity contribution >= 4 is 5.91 Å². The van der Waals surface area contributed by atoms with Gasteiger partial charge in [-0.2, -0.15) is 0 Å². The van der Waals surface area contributed by atoms with Gasteiger partial charge in [0, 0.05) is 19.5 Å². The van der Waals surface area contributed by atoms with Gasteiger partial charge in [0.05, 0.1) is 0 Å². The zero-order valence-electron chi connectivity index (χ0n) is 12.5. The predicted octanol–water partition coefficient (Wildman–Crippen LogP) is 2.64. The molecule has 0 aliphatic heterocycles. The molecule has 1 aliphatic rings. The number of nitrogens with zero attached hydrogens (tertiary/aromatic N) is 1. The fourth-order valence-corrected chi connectivity index (χ4v) is 2.63. The van der Waals surface area contributed by atoms with Crippen LogP contribution in [0.1, 0.15) is 52.9 Å². The molecule has 3 nitrogen and oxygen atoms in total. The molecule has 1 fully saturated rings. The molecule has 1 rings (SSSR count). The van der Waals surface area contributed by atoms with Crippen molar-refractivity contribution in [3.8, 4) is 0 Å². The van der Waals surface area contributed by atoms with E-state index >= 15 is 0 Å². The van der Waals surface area contributed by atoms with Gasteiger partial charge in [-0.1, -0.05) is 13.8 Å². The van der Waals surface area contributed by atoms with Crippen LogP contribution in [0.5, 0.6) is 0 Å². The van der Waals surface area contributed by atoms with Crippen LogP contribution in [0.3, 0.4) is 0 Å². The summed E-state index contributed by atoms with van der Waals surface area (Å²) in [6.07, 6.45) is 5.28. The van der Waals surface area contributed by atoms with Gasteiger partial charge in [0.1, 0.15) is 0 Å². The van der Waals surface area contributed by atoms with Crippen molar-refractivity contribution in [3.05, 3.63) is 0 Å². The van der Waals surface area contributed by atoms with Gasteiger partial charge in [-0.15, -0.1) is 0 Å². The van der Waals surface area contributed by atoms with Crippen molar-refractivity contribution in [2.45, 2.75) is 58.9 Å². The van der Waals surface area contributed by atoms with Crippen LogP contribution >= 0.6 is 0 Å². The monoisotopic (exact) mass is 254 g/mol. The molecule has 1 saturated carbocycles. The molecule has 0 bridgehead atoms. The van der Waals surface area contributed by atoms with E-state index < -0.39 is 0 Å². The molecule has 2 atom stereocenters. The fourth-order valence-electron chi connectivity index (χ4n) is 2.63. The first-order valence-electron chi connectivity index (χ1n) is 7.43. The third kappa shape index (κ3) is 4.60. The van der Waals surface area contributed by atoms with Crippen LogP contribution < -0.4 is 5.73 Å². The first-order valence-corrected chi connectivity index (χ1v) is 7.43. The summed E-state index contributed by atoms with van der Waals surface area (Å²) in [6.45, 7) is 7.35. The summed E-state index contributed by atoms with van der Waals surface area (Å²) in [5.41, 5.74) is 5.63. The molecule has 1 aliphatic carbocycles. The van der Waals surface area contributed by atoms with Crippen LogP contribution in [-0.4, -0.2) is 30.4 Å². The number of nitrogens with two attached hydrogens (primary N) is 1. The Morgan fingerprint density at radius 1 is 1.28 bits per heavy atom. The van der Waals surface area contributed by atoms with Crippen molar-refractivity contribution in [1.29, 1.82) is 0 Å². The molecule has 2 N–H and O–H groups in total. The van der Waals surface area contributed by atoms with E-state index in [0.29, 0.717) is 30.2 Å². The lowest BCUT2D eigenvalue weighted by Crippen LogP contribution is -2.36. The van der Waals surface area contributed by atoms with Gasteiger partial charge in [-0.3, -0.25) is 4.79 Å². The average Bonchev–Trinajstić information content (AvgIpc) is 3.15. The van der Waals surface area contributed by atoms with Crippen molar-refractivity contribution in [2.75, 3.05) is 13.6 Å². The van der Waals surface area contributed by atoms with Crippen LogP contribution in [0, 0.1) is 17.8 Å². The normalized spacial score (nSPS) is 18.8. The Bertz CT molecular complexity index is 261. The van der Waals surface area contributed by atoms with E-state index in [-0.39, 0.29) is 0 Å². The van der Waals surface area contributed by atoms with Gasteiger partial charge in [0.2, 0.25) is 5.91 Å². The van der Waals surface area contributed by atoms with Crippen LogP contribution in [0.15, 0.2) is 0 Å². The lowest BCUT2D eigenvalue weighted by molar-refractivity contribution is -0.132. The Morgan fingerprint density at radius 2 is 1.89 bits per heavy atom. The molecule has 2 unspecified atom stereocenters. The SMILES string of the molecule is CC(C)C(CCN)CCC(=O)N(C)C(C)C1CC1. The molecule has 0 aromatic carbocycles. The Labute approximate surface area is 112 Å². The molecule has 0 aromatic heterocycles. The highest BCUT2D eigenvalue weighted by Crippen LogP contribution is 2.35. The maximum Gasteiger partial charge on any atom is 0.222 e. The number of amides is 1. The van der Waals surface area contributed by atoms with Crippen LogP contribution in [0.2, 0.25) is 0 Å². The Hall–Kier alpha value is -0.570. The number of hydrogen-bond donors (Lipinski definition) is 1. The smallest absolute Gasteiger partial charge is 0.222 e. The zero-order valence-corrected chi connectivity index (χ0v) is 12.5. The van der Waals surface area contributed by atoms with E-state index in [1.165, 1.54) is 12.8 Å². The number of carbonyl (C=O) groups excluding carboxylic acids is 1. The van der Waals surface area contributed by atoms with Gasteiger partial charge >= 0.3 is 0 Å². The number of rotatable bonds is 8. The minimum Gasteiger partial charge on any atom is -0.343 e. The van der Waals surface area contributed by atoms with E-state index in [9.17, 15) is 4.79 Å². The summed E-state index contributed by atoms with van der Waals surface area (Å²) in [4.78, 5) is 14.1. The van der Waals surface area contributed by atoms with Crippen LogP contribution in [-0.2, 0) is 4.79 Å². The lowest BCUT2D eigenvalue weighted by atomic mass is 9.88. The predicted molar refractivity (Wildman–Crippen MR) is 76.2 cm³/mol. The summed E-state index contributed by atoms with van der Waals surface area (Å²) in [6, 6.07) is 0.421. The van der Waals surface area contributed by atoms with E-state index in [1.54, 1.807) is 0 Å². The molecule has 0 aromatic rings. The van der Waals surface area contributed by atoms with E-state index in [2.05, 4.69) is 20.8 Å². The summed E-state index contributed by atoms with van der Waals surface area (Å²) in [7, 11) is 1.96. The third-order valence-corrected chi connectivity index (χ3v) is 4.52. The average molecular weight is 254 g/mol. The molecule has 0 heterocycles. The first kappa shape index (κ1) is 15.5. The Balaban J connectivity index is 2.33. The highest BCUT2D eigenvalue weighted by Gasteiger charge is 2.32. The number of carbonyl (C=O) groups is 1. The molecule has 18 heavy (non-hydrogen) atoms. The van der Waals surface area contributed by atoms with Gasteiger partial charge in [0.25, 0.3) is 0 Å². The van der Waals surface area contributed by atoms with Gasteiger partial charge in [-0.25, -0.2) is 0 Å². The summed E-state index contributed by atoms with van der Waals surface area (Å²) in [5, 5.41) is 0. The standard InChI is InChI=1S/C15H30N2O/c1-11(2)13(9-10-16)7-8-15(18)17(4)12(3)14-5-6-14/h11-14H,5-10,16H2,1-4H3. The topological polar surface area (TPSA) is 46.3 Å². The van der Waals surface area contributed by atoms with Gasteiger partial charge in [0.15, 0.2) is 0 Å². The van der Waals surface area contributed by atoms with Crippen molar-refractivity contribution in [3.63, 3.8) is 0 Å².